The van der Waals surface area contributed by atoms with Crippen molar-refractivity contribution < 1.29 is 5.11 Å². The number of hydrogen-bond acceptors (Lipinski definition) is 1. The normalized spacial score (nSPS) is 28.7. The Kier molecular flexibility index (Phi) is 4.40. The van der Waals surface area contributed by atoms with Crippen LogP contribution >= 0.6 is 0 Å². The molecule has 1 nitrogen and oxygen atoms in total. The Morgan fingerprint density at radius 2 is 1.76 bits per heavy atom. The summed E-state index contributed by atoms with van der Waals surface area (Å²) in [6.07, 6.45) is 11.3. The molecule has 1 aromatic carbocycles. The smallest absolute Gasteiger partial charge is 0.0899 e. The Labute approximate surface area is 129 Å². The standard InChI is InChI=1S/C20H30O/c1-3-15-8-6-7-11-19(15)20(2,21)18-13-12-16-9-4-5-10-17(16)14-18/h12-15,19,21H,3-11H2,1-2H3. The summed E-state index contributed by atoms with van der Waals surface area (Å²) in [5.74, 6) is 1.11. The zero-order chi connectivity index (χ0) is 14.9. The van der Waals surface area contributed by atoms with E-state index in [9.17, 15) is 5.11 Å². The summed E-state index contributed by atoms with van der Waals surface area (Å²) in [5, 5.41) is 11.3. The fourth-order valence-electron chi connectivity index (χ4n) is 4.70. The molecular formula is C20H30O. The highest BCUT2D eigenvalue weighted by Crippen LogP contribution is 2.44. The van der Waals surface area contributed by atoms with Crippen LogP contribution < -0.4 is 0 Å². The molecule has 0 aliphatic heterocycles. The third-order valence-corrected chi connectivity index (χ3v) is 6.09. The topological polar surface area (TPSA) is 20.2 Å². The largest absolute Gasteiger partial charge is 0.385 e. The van der Waals surface area contributed by atoms with Crippen LogP contribution in [0.25, 0.3) is 0 Å². The number of aryl methyl sites for hydroxylation is 2. The number of fused-ring (bicyclic) bond motifs is 1. The monoisotopic (exact) mass is 286 g/mol. The second-order valence-corrected chi connectivity index (χ2v) is 7.40. The van der Waals surface area contributed by atoms with Gasteiger partial charge >= 0.3 is 0 Å². The molecule has 0 heterocycles. The lowest BCUT2D eigenvalue weighted by Crippen LogP contribution is -2.38. The molecule has 1 aromatic rings. The van der Waals surface area contributed by atoms with Crippen LogP contribution in [0.5, 0.6) is 0 Å². The van der Waals surface area contributed by atoms with Gasteiger partial charge in [0.15, 0.2) is 0 Å². The highest BCUT2D eigenvalue weighted by Gasteiger charge is 2.39. The fraction of sp³-hybridized carbons (Fsp3) is 0.700. The first-order valence-corrected chi connectivity index (χ1v) is 8.97. The van der Waals surface area contributed by atoms with Gasteiger partial charge in [-0.05, 0) is 67.6 Å². The Bertz CT molecular complexity index is 489. The van der Waals surface area contributed by atoms with Gasteiger partial charge in [-0.1, -0.05) is 50.8 Å². The first-order valence-electron chi connectivity index (χ1n) is 8.97. The number of rotatable bonds is 3. The summed E-state index contributed by atoms with van der Waals surface area (Å²) in [4.78, 5) is 0. The van der Waals surface area contributed by atoms with Gasteiger partial charge in [-0.3, -0.25) is 0 Å². The molecule has 1 saturated carbocycles. The molecule has 0 spiro atoms. The maximum Gasteiger partial charge on any atom is 0.0899 e. The van der Waals surface area contributed by atoms with Crippen molar-refractivity contribution in [3.8, 4) is 0 Å². The number of benzene rings is 1. The lowest BCUT2D eigenvalue weighted by atomic mass is 9.67. The van der Waals surface area contributed by atoms with Crippen LogP contribution in [0.15, 0.2) is 18.2 Å². The van der Waals surface area contributed by atoms with Gasteiger partial charge in [-0.25, -0.2) is 0 Å². The molecule has 0 radical (unpaired) electrons. The van der Waals surface area contributed by atoms with Gasteiger partial charge < -0.3 is 5.11 Å². The highest BCUT2D eigenvalue weighted by atomic mass is 16.3. The Hall–Kier alpha value is -0.820. The maximum absolute atomic E-state index is 11.3. The zero-order valence-electron chi connectivity index (χ0n) is 13.7. The van der Waals surface area contributed by atoms with Crippen molar-refractivity contribution in [2.45, 2.75) is 77.2 Å². The van der Waals surface area contributed by atoms with E-state index in [4.69, 9.17) is 0 Å². The number of hydrogen-bond donors (Lipinski definition) is 1. The van der Waals surface area contributed by atoms with Crippen molar-refractivity contribution in [1.29, 1.82) is 0 Å². The van der Waals surface area contributed by atoms with Crippen LogP contribution in [0.3, 0.4) is 0 Å². The van der Waals surface area contributed by atoms with E-state index in [-0.39, 0.29) is 0 Å². The third-order valence-electron chi connectivity index (χ3n) is 6.09. The Balaban J connectivity index is 1.89. The Morgan fingerprint density at radius 1 is 1.05 bits per heavy atom. The van der Waals surface area contributed by atoms with Gasteiger partial charge in [0.1, 0.15) is 0 Å². The molecule has 0 aromatic heterocycles. The van der Waals surface area contributed by atoms with Crippen LogP contribution in [-0.2, 0) is 18.4 Å². The minimum Gasteiger partial charge on any atom is -0.385 e. The molecule has 2 aliphatic rings. The number of aliphatic hydroxyl groups is 1. The van der Waals surface area contributed by atoms with Gasteiger partial charge in [0.2, 0.25) is 0 Å². The molecule has 1 N–H and O–H groups in total. The quantitative estimate of drug-likeness (QED) is 0.830. The van der Waals surface area contributed by atoms with Crippen molar-refractivity contribution in [3.63, 3.8) is 0 Å². The van der Waals surface area contributed by atoms with E-state index in [0.29, 0.717) is 11.8 Å². The predicted octanol–water partition coefficient (Wildman–Crippen LogP) is 4.99. The molecule has 116 valence electrons. The predicted molar refractivity (Wildman–Crippen MR) is 88.4 cm³/mol. The van der Waals surface area contributed by atoms with Gasteiger partial charge in [-0.15, -0.1) is 0 Å². The van der Waals surface area contributed by atoms with Gasteiger partial charge in [-0.2, -0.15) is 0 Å². The van der Waals surface area contributed by atoms with Crippen molar-refractivity contribution in [2.75, 3.05) is 0 Å². The zero-order valence-corrected chi connectivity index (χ0v) is 13.7. The second-order valence-electron chi connectivity index (χ2n) is 7.40. The minimum atomic E-state index is -0.659. The first kappa shape index (κ1) is 15.1. The summed E-state index contributed by atoms with van der Waals surface area (Å²) in [7, 11) is 0. The van der Waals surface area contributed by atoms with E-state index >= 15 is 0 Å². The van der Waals surface area contributed by atoms with E-state index < -0.39 is 5.60 Å². The lowest BCUT2D eigenvalue weighted by Gasteiger charge is -2.41. The molecule has 3 atom stereocenters. The fourth-order valence-corrected chi connectivity index (χ4v) is 4.70. The van der Waals surface area contributed by atoms with Crippen LogP contribution in [0.2, 0.25) is 0 Å². The minimum absolute atomic E-state index is 0.429. The summed E-state index contributed by atoms with van der Waals surface area (Å²) in [6.45, 7) is 4.35. The van der Waals surface area contributed by atoms with E-state index in [0.717, 1.165) is 5.56 Å². The summed E-state index contributed by atoms with van der Waals surface area (Å²) >= 11 is 0. The molecular weight excluding hydrogens is 256 g/mol. The van der Waals surface area contributed by atoms with Crippen molar-refractivity contribution in [2.24, 2.45) is 11.8 Å². The molecule has 1 heteroatoms. The Morgan fingerprint density at radius 3 is 2.52 bits per heavy atom. The van der Waals surface area contributed by atoms with Crippen LogP contribution in [-0.4, -0.2) is 5.11 Å². The molecule has 0 saturated heterocycles. The van der Waals surface area contributed by atoms with Crippen molar-refractivity contribution >= 4 is 0 Å². The average molecular weight is 286 g/mol. The summed E-state index contributed by atoms with van der Waals surface area (Å²) in [6, 6.07) is 6.80. The molecule has 0 amide bonds. The molecule has 3 rings (SSSR count). The first-order chi connectivity index (χ1) is 10.1. The maximum atomic E-state index is 11.3. The van der Waals surface area contributed by atoms with Crippen molar-refractivity contribution in [1.82, 2.24) is 0 Å². The van der Waals surface area contributed by atoms with Gasteiger partial charge in [0.05, 0.1) is 5.60 Å². The van der Waals surface area contributed by atoms with Crippen molar-refractivity contribution in [3.05, 3.63) is 34.9 Å². The second kappa shape index (κ2) is 6.12. The van der Waals surface area contributed by atoms with E-state index in [1.165, 1.54) is 68.9 Å². The average Bonchev–Trinajstić information content (AvgIpc) is 2.54. The lowest BCUT2D eigenvalue weighted by molar-refractivity contribution is -0.0489. The van der Waals surface area contributed by atoms with Crippen LogP contribution in [0.1, 0.15) is 75.5 Å². The van der Waals surface area contributed by atoms with Crippen LogP contribution in [0, 0.1) is 11.8 Å². The third kappa shape index (κ3) is 2.90. The highest BCUT2D eigenvalue weighted by molar-refractivity contribution is 5.36. The van der Waals surface area contributed by atoms with Crippen LogP contribution in [0.4, 0.5) is 0 Å². The molecule has 0 bridgehead atoms. The molecule has 21 heavy (non-hydrogen) atoms. The molecule has 2 aliphatic carbocycles. The van der Waals surface area contributed by atoms with Gasteiger partial charge in [0.25, 0.3) is 0 Å². The van der Waals surface area contributed by atoms with E-state index in [1.807, 2.05) is 0 Å². The summed E-state index contributed by atoms with van der Waals surface area (Å²) < 4.78 is 0. The van der Waals surface area contributed by atoms with Gasteiger partial charge in [0, 0.05) is 0 Å². The molecule has 1 fully saturated rings. The summed E-state index contributed by atoms with van der Waals surface area (Å²) in [5.41, 5.74) is 3.50. The SMILES string of the molecule is CCC1CCCCC1C(C)(O)c1ccc2c(c1)CCCC2. The van der Waals surface area contributed by atoms with E-state index in [1.54, 1.807) is 0 Å². The van der Waals surface area contributed by atoms with E-state index in [2.05, 4.69) is 32.0 Å². The molecule has 3 unspecified atom stereocenters.